The Bertz CT molecular complexity index is 2000. The summed E-state index contributed by atoms with van der Waals surface area (Å²) in [6, 6.07) is 56.9. The van der Waals surface area contributed by atoms with E-state index >= 15 is 0 Å². The number of aromatic nitrogens is 3. The molecule has 0 amide bonds. The van der Waals surface area contributed by atoms with Gasteiger partial charge in [-0.1, -0.05) is 152 Å². The number of benzene rings is 6. The second kappa shape index (κ2) is 10.9. The van der Waals surface area contributed by atoms with E-state index < -0.39 is 8.07 Å². The van der Waals surface area contributed by atoms with Gasteiger partial charge >= 0.3 is 0 Å². The Labute approximate surface area is 257 Å². The molecule has 5 heteroatoms. The van der Waals surface area contributed by atoms with Crippen molar-refractivity contribution in [2.24, 2.45) is 0 Å². The molecule has 0 unspecified atom stereocenters. The Morgan fingerprint density at radius 2 is 0.773 bits per heavy atom. The molecule has 7 aromatic rings. The van der Waals surface area contributed by atoms with Gasteiger partial charge in [-0.3, -0.25) is 0 Å². The van der Waals surface area contributed by atoms with Crippen LogP contribution in [0.4, 0.5) is 0 Å². The standard InChI is InChI=1S/C39H27N3OSi/c1-4-15-28(16-5-1)37-40-38(29-17-6-2-7-18-29)42-39(41-37)30-19-14-22-32(27-30)44(31-20-8-3-9-21-31)35-25-12-10-23-33(35)43-34-24-11-13-26-36(34)44/h1-27H. The van der Waals surface area contributed by atoms with Crippen LogP contribution in [0.2, 0.25) is 0 Å². The van der Waals surface area contributed by atoms with Crippen molar-refractivity contribution in [3.8, 4) is 45.7 Å². The summed E-state index contributed by atoms with van der Waals surface area (Å²) >= 11 is 0. The van der Waals surface area contributed by atoms with Crippen molar-refractivity contribution in [3.05, 3.63) is 164 Å². The number of nitrogens with zero attached hydrogens (tertiary/aromatic N) is 3. The quantitative estimate of drug-likeness (QED) is 0.222. The lowest BCUT2D eigenvalue weighted by Crippen LogP contribution is -2.76. The van der Waals surface area contributed by atoms with Crippen LogP contribution >= 0.6 is 0 Å². The monoisotopic (exact) mass is 581 g/mol. The summed E-state index contributed by atoms with van der Waals surface area (Å²) in [6.07, 6.45) is 0. The molecule has 0 saturated carbocycles. The summed E-state index contributed by atoms with van der Waals surface area (Å²) in [5.41, 5.74) is 2.85. The van der Waals surface area contributed by atoms with E-state index in [1.165, 1.54) is 20.7 Å². The van der Waals surface area contributed by atoms with E-state index in [2.05, 4.69) is 91.0 Å². The van der Waals surface area contributed by atoms with E-state index in [0.29, 0.717) is 17.5 Å². The molecule has 8 rings (SSSR count). The summed E-state index contributed by atoms with van der Waals surface area (Å²) in [6.45, 7) is 0. The molecule has 6 aromatic carbocycles. The molecular formula is C39H27N3OSi. The molecule has 44 heavy (non-hydrogen) atoms. The highest BCUT2D eigenvalue weighted by molar-refractivity contribution is 7.20. The van der Waals surface area contributed by atoms with Crippen molar-refractivity contribution in [2.45, 2.75) is 0 Å². The van der Waals surface area contributed by atoms with E-state index in [0.717, 1.165) is 28.2 Å². The number of hydrogen-bond acceptors (Lipinski definition) is 4. The average molecular weight is 582 g/mol. The molecule has 1 aromatic heterocycles. The molecule has 0 fully saturated rings. The first-order chi connectivity index (χ1) is 21.8. The van der Waals surface area contributed by atoms with Crippen LogP contribution in [0.1, 0.15) is 0 Å². The van der Waals surface area contributed by atoms with E-state index in [1.807, 2.05) is 72.8 Å². The minimum absolute atomic E-state index is 0.644. The summed E-state index contributed by atoms with van der Waals surface area (Å²) in [5, 5.41) is 5.00. The second-order valence-corrected chi connectivity index (χ2v) is 14.6. The fourth-order valence-electron chi connectivity index (χ4n) is 6.30. The molecule has 0 radical (unpaired) electrons. The van der Waals surface area contributed by atoms with Crippen molar-refractivity contribution < 1.29 is 4.74 Å². The van der Waals surface area contributed by atoms with E-state index in [9.17, 15) is 0 Å². The molecule has 4 nitrogen and oxygen atoms in total. The van der Waals surface area contributed by atoms with Gasteiger partial charge in [-0.25, -0.2) is 15.0 Å². The number of hydrogen-bond donors (Lipinski definition) is 0. The molecule has 208 valence electrons. The van der Waals surface area contributed by atoms with Crippen LogP contribution in [-0.4, -0.2) is 23.0 Å². The lowest BCUT2D eigenvalue weighted by Gasteiger charge is -2.39. The maximum Gasteiger partial charge on any atom is 0.188 e. The molecule has 0 N–H and O–H groups in total. The fraction of sp³-hybridized carbons (Fsp3) is 0. The van der Waals surface area contributed by atoms with Crippen molar-refractivity contribution >= 4 is 28.8 Å². The Balaban J connectivity index is 1.39. The molecular weight excluding hydrogens is 555 g/mol. The van der Waals surface area contributed by atoms with Crippen LogP contribution in [0.5, 0.6) is 11.5 Å². The maximum absolute atomic E-state index is 6.52. The van der Waals surface area contributed by atoms with Crippen molar-refractivity contribution in [1.29, 1.82) is 0 Å². The third-order valence-electron chi connectivity index (χ3n) is 8.26. The zero-order valence-electron chi connectivity index (χ0n) is 23.8. The predicted octanol–water partition coefficient (Wildman–Crippen LogP) is 6.36. The van der Waals surface area contributed by atoms with Crippen molar-refractivity contribution in [1.82, 2.24) is 15.0 Å². The van der Waals surface area contributed by atoms with Crippen LogP contribution < -0.4 is 25.5 Å². The van der Waals surface area contributed by atoms with Crippen LogP contribution in [0, 0.1) is 0 Å². The summed E-state index contributed by atoms with van der Waals surface area (Å²) in [5.74, 6) is 3.76. The first-order valence-corrected chi connectivity index (χ1v) is 16.7. The topological polar surface area (TPSA) is 47.9 Å². The van der Waals surface area contributed by atoms with Gasteiger partial charge in [0.1, 0.15) is 11.5 Å². The molecule has 2 heterocycles. The van der Waals surface area contributed by atoms with Gasteiger partial charge in [0.05, 0.1) is 0 Å². The predicted molar refractivity (Wildman–Crippen MR) is 180 cm³/mol. The highest BCUT2D eigenvalue weighted by Gasteiger charge is 2.47. The Morgan fingerprint density at radius 3 is 1.32 bits per heavy atom. The van der Waals surface area contributed by atoms with Gasteiger partial charge in [-0.05, 0) is 32.9 Å². The first kappa shape index (κ1) is 26.0. The Kier molecular flexibility index (Phi) is 6.43. The smallest absolute Gasteiger partial charge is 0.188 e. The first-order valence-electron chi connectivity index (χ1n) is 14.7. The summed E-state index contributed by atoms with van der Waals surface area (Å²) in [7, 11) is -2.79. The lowest BCUT2D eigenvalue weighted by molar-refractivity contribution is 0.487. The second-order valence-electron chi connectivity index (χ2n) is 10.8. The third-order valence-corrected chi connectivity index (χ3v) is 13.1. The molecule has 0 saturated heterocycles. The fourth-order valence-corrected chi connectivity index (χ4v) is 11.3. The van der Waals surface area contributed by atoms with Gasteiger partial charge < -0.3 is 4.74 Å². The normalized spacial score (nSPS) is 12.9. The molecule has 0 atom stereocenters. The maximum atomic E-state index is 6.52. The zero-order valence-corrected chi connectivity index (χ0v) is 24.8. The van der Waals surface area contributed by atoms with Crippen LogP contribution in [0.3, 0.4) is 0 Å². The molecule has 0 spiro atoms. The van der Waals surface area contributed by atoms with Gasteiger partial charge in [-0.15, -0.1) is 0 Å². The van der Waals surface area contributed by atoms with Gasteiger partial charge in [0.25, 0.3) is 0 Å². The minimum Gasteiger partial charge on any atom is -0.458 e. The van der Waals surface area contributed by atoms with Gasteiger partial charge in [-0.2, -0.15) is 0 Å². The van der Waals surface area contributed by atoms with Gasteiger partial charge in [0, 0.05) is 16.7 Å². The largest absolute Gasteiger partial charge is 0.458 e. The number of ether oxygens (including phenoxy) is 1. The van der Waals surface area contributed by atoms with E-state index in [4.69, 9.17) is 19.7 Å². The summed E-state index contributed by atoms with van der Waals surface area (Å²) in [4.78, 5) is 15.0. The SMILES string of the molecule is c1ccc(-c2nc(-c3ccccc3)nc(-c3cccc([Si]4(c5ccccc5)c5ccccc5Oc5ccccc54)c3)n2)cc1. The minimum atomic E-state index is -2.79. The lowest BCUT2D eigenvalue weighted by atomic mass is 10.1. The van der Waals surface area contributed by atoms with Crippen LogP contribution in [0.15, 0.2) is 164 Å². The average Bonchev–Trinajstić information content (AvgIpc) is 3.11. The van der Waals surface area contributed by atoms with Crippen molar-refractivity contribution in [3.63, 3.8) is 0 Å². The highest BCUT2D eigenvalue weighted by atomic mass is 28.3. The van der Waals surface area contributed by atoms with E-state index in [1.54, 1.807) is 0 Å². The Morgan fingerprint density at radius 1 is 0.364 bits per heavy atom. The van der Waals surface area contributed by atoms with Gasteiger partial charge in [0.2, 0.25) is 0 Å². The molecule has 1 aliphatic heterocycles. The van der Waals surface area contributed by atoms with Crippen LogP contribution in [-0.2, 0) is 0 Å². The highest BCUT2D eigenvalue weighted by Crippen LogP contribution is 2.30. The van der Waals surface area contributed by atoms with Crippen molar-refractivity contribution in [2.75, 3.05) is 0 Å². The van der Waals surface area contributed by atoms with Crippen LogP contribution in [0.25, 0.3) is 34.2 Å². The number of para-hydroxylation sites is 2. The molecule has 1 aliphatic rings. The molecule has 0 bridgehead atoms. The van der Waals surface area contributed by atoms with Gasteiger partial charge in [0.15, 0.2) is 25.5 Å². The van der Waals surface area contributed by atoms with E-state index in [-0.39, 0.29) is 0 Å². The number of rotatable bonds is 5. The number of fused-ring (bicyclic) bond motifs is 2. The third kappa shape index (κ3) is 4.34. The zero-order chi connectivity index (χ0) is 29.3. The Hall–Kier alpha value is -5.65. The summed E-state index contributed by atoms with van der Waals surface area (Å²) < 4.78 is 6.52. The molecule has 0 aliphatic carbocycles.